The maximum Gasteiger partial charge on any atom is 0.574 e. The quantitative estimate of drug-likeness (QED) is 0.839. The van der Waals surface area contributed by atoms with Crippen LogP contribution in [-0.4, -0.2) is 21.6 Å². The molecule has 2 N–H and O–H groups in total. The van der Waals surface area contributed by atoms with Crippen LogP contribution >= 0.6 is 15.9 Å². The average Bonchev–Trinajstić information content (AvgIpc) is 2.19. The summed E-state index contributed by atoms with van der Waals surface area (Å²) >= 11 is 2.98. The number of ether oxygens (including phenoxy) is 1. The Morgan fingerprint density at radius 1 is 1.44 bits per heavy atom. The maximum atomic E-state index is 11.9. The van der Waals surface area contributed by atoms with E-state index >= 15 is 0 Å². The summed E-state index contributed by atoms with van der Waals surface area (Å²) < 4.78 is 39.4. The molecule has 0 spiro atoms. The molecule has 1 heterocycles. The predicted octanol–water partition coefficient (Wildman–Crippen LogP) is 2.07. The first-order valence-corrected chi connectivity index (χ1v) is 5.14. The van der Waals surface area contributed by atoms with Gasteiger partial charge in [0.2, 0.25) is 0 Å². The molecule has 0 radical (unpaired) electrons. The molecule has 16 heavy (non-hydrogen) atoms. The standard InChI is InChI=1S/C8H7BrF3NO3/c9-2-4-1-5(3-14)13-7(6(4)15)16-8(10,11)12/h1,14-15H,2-3H2. The van der Waals surface area contributed by atoms with Gasteiger partial charge in [-0.05, 0) is 6.07 Å². The third-order valence-corrected chi connectivity index (χ3v) is 2.22. The summed E-state index contributed by atoms with van der Waals surface area (Å²) in [6, 6.07) is 1.27. The summed E-state index contributed by atoms with van der Waals surface area (Å²) in [5.41, 5.74) is 0.129. The van der Waals surface area contributed by atoms with E-state index in [1.54, 1.807) is 0 Å². The number of rotatable bonds is 3. The second kappa shape index (κ2) is 4.88. The van der Waals surface area contributed by atoms with E-state index in [1.165, 1.54) is 6.07 Å². The Balaban J connectivity index is 3.16. The molecule has 1 aromatic rings. The molecule has 0 aliphatic rings. The molecule has 0 amide bonds. The Morgan fingerprint density at radius 3 is 2.50 bits per heavy atom. The number of hydrogen-bond acceptors (Lipinski definition) is 4. The van der Waals surface area contributed by atoms with E-state index in [9.17, 15) is 18.3 Å². The number of aliphatic hydroxyl groups excluding tert-OH is 1. The summed E-state index contributed by atoms with van der Waals surface area (Å²) in [7, 11) is 0. The van der Waals surface area contributed by atoms with Crippen molar-refractivity contribution in [3.8, 4) is 11.6 Å². The molecule has 0 atom stereocenters. The molecule has 0 saturated carbocycles. The highest BCUT2D eigenvalue weighted by atomic mass is 79.9. The first kappa shape index (κ1) is 13.0. The number of aliphatic hydroxyl groups is 1. The number of hydrogen-bond donors (Lipinski definition) is 2. The molecule has 1 rings (SSSR count). The van der Waals surface area contributed by atoms with Crippen LogP contribution in [0.5, 0.6) is 11.6 Å². The van der Waals surface area contributed by atoms with Crippen LogP contribution in [0.4, 0.5) is 13.2 Å². The zero-order valence-electron chi connectivity index (χ0n) is 7.75. The van der Waals surface area contributed by atoms with Gasteiger partial charge in [0.25, 0.3) is 5.88 Å². The van der Waals surface area contributed by atoms with Crippen molar-refractivity contribution in [2.75, 3.05) is 0 Å². The van der Waals surface area contributed by atoms with Crippen molar-refractivity contribution in [3.05, 3.63) is 17.3 Å². The van der Waals surface area contributed by atoms with Crippen molar-refractivity contribution < 1.29 is 28.1 Å². The van der Waals surface area contributed by atoms with Gasteiger partial charge >= 0.3 is 6.36 Å². The van der Waals surface area contributed by atoms with Gasteiger partial charge in [0, 0.05) is 10.9 Å². The van der Waals surface area contributed by atoms with Gasteiger partial charge in [-0.15, -0.1) is 13.2 Å². The van der Waals surface area contributed by atoms with Crippen LogP contribution in [0.25, 0.3) is 0 Å². The number of pyridine rings is 1. The van der Waals surface area contributed by atoms with Gasteiger partial charge in [0.15, 0.2) is 5.75 Å². The summed E-state index contributed by atoms with van der Waals surface area (Å²) in [6.07, 6.45) is -4.94. The highest BCUT2D eigenvalue weighted by molar-refractivity contribution is 9.08. The van der Waals surface area contributed by atoms with Gasteiger partial charge < -0.3 is 14.9 Å². The third kappa shape index (κ3) is 3.24. The van der Waals surface area contributed by atoms with Gasteiger partial charge in [0.1, 0.15) is 0 Å². The number of alkyl halides is 4. The number of aromatic hydroxyl groups is 1. The van der Waals surface area contributed by atoms with Gasteiger partial charge in [-0.25, -0.2) is 4.98 Å². The van der Waals surface area contributed by atoms with Crippen molar-refractivity contribution in [3.63, 3.8) is 0 Å². The van der Waals surface area contributed by atoms with Gasteiger partial charge in [-0.1, -0.05) is 15.9 Å². The minimum atomic E-state index is -4.94. The van der Waals surface area contributed by atoms with Crippen molar-refractivity contribution in [2.24, 2.45) is 0 Å². The predicted molar refractivity (Wildman–Crippen MR) is 51.1 cm³/mol. The van der Waals surface area contributed by atoms with E-state index in [4.69, 9.17) is 5.11 Å². The summed E-state index contributed by atoms with van der Waals surface area (Å²) in [5, 5.41) is 18.3. The average molecular weight is 302 g/mol. The van der Waals surface area contributed by atoms with Crippen LogP contribution in [0.1, 0.15) is 11.3 Å². The van der Waals surface area contributed by atoms with Gasteiger partial charge in [-0.2, -0.15) is 0 Å². The first-order valence-electron chi connectivity index (χ1n) is 4.01. The summed E-state index contributed by atoms with van der Waals surface area (Å²) in [4.78, 5) is 3.32. The number of aromatic nitrogens is 1. The lowest BCUT2D eigenvalue weighted by Gasteiger charge is -2.12. The molecular formula is C8H7BrF3NO3. The Kier molecular flexibility index (Phi) is 3.98. The van der Waals surface area contributed by atoms with E-state index in [0.717, 1.165) is 0 Å². The second-order valence-electron chi connectivity index (χ2n) is 2.77. The first-order chi connectivity index (χ1) is 7.37. The van der Waals surface area contributed by atoms with Crippen LogP contribution in [0.15, 0.2) is 6.07 Å². The topological polar surface area (TPSA) is 62.6 Å². The van der Waals surface area contributed by atoms with Crippen LogP contribution in [0, 0.1) is 0 Å². The van der Waals surface area contributed by atoms with Gasteiger partial charge in [-0.3, -0.25) is 0 Å². The smallest absolute Gasteiger partial charge is 0.503 e. The van der Waals surface area contributed by atoms with Crippen molar-refractivity contribution in [1.29, 1.82) is 0 Å². The molecule has 8 heteroatoms. The lowest BCUT2D eigenvalue weighted by molar-refractivity contribution is -0.276. The maximum absolute atomic E-state index is 11.9. The molecule has 0 unspecified atom stereocenters. The molecule has 4 nitrogen and oxygen atoms in total. The number of halogens is 4. The SMILES string of the molecule is OCc1cc(CBr)c(O)c(OC(F)(F)F)n1. The minimum absolute atomic E-state index is 0.0218. The Labute approximate surface area is 96.8 Å². The highest BCUT2D eigenvalue weighted by Crippen LogP contribution is 2.33. The van der Waals surface area contributed by atoms with E-state index in [2.05, 4.69) is 25.7 Å². The molecule has 0 fully saturated rings. The fourth-order valence-corrected chi connectivity index (χ4v) is 1.41. The molecular weight excluding hydrogens is 295 g/mol. The van der Waals surface area contributed by atoms with Crippen LogP contribution in [-0.2, 0) is 11.9 Å². The molecule has 0 aliphatic heterocycles. The molecule has 90 valence electrons. The normalized spacial score (nSPS) is 11.6. The van der Waals surface area contributed by atoms with Gasteiger partial charge in [0.05, 0.1) is 12.3 Å². The monoisotopic (exact) mass is 301 g/mol. The van der Waals surface area contributed by atoms with Crippen LogP contribution in [0.2, 0.25) is 0 Å². The summed E-state index contributed by atoms with van der Waals surface area (Å²) in [5.74, 6) is -1.67. The van der Waals surface area contributed by atoms with Crippen molar-refractivity contribution in [1.82, 2.24) is 4.98 Å². The second-order valence-corrected chi connectivity index (χ2v) is 3.33. The molecule has 1 aromatic heterocycles. The Morgan fingerprint density at radius 2 is 2.06 bits per heavy atom. The molecule has 0 saturated heterocycles. The number of nitrogens with zero attached hydrogens (tertiary/aromatic N) is 1. The van der Waals surface area contributed by atoms with E-state index < -0.39 is 24.6 Å². The van der Waals surface area contributed by atoms with E-state index in [1.807, 2.05) is 0 Å². The largest absolute Gasteiger partial charge is 0.574 e. The van der Waals surface area contributed by atoms with E-state index in [-0.39, 0.29) is 16.6 Å². The Bertz CT molecular complexity index is 384. The van der Waals surface area contributed by atoms with Crippen molar-refractivity contribution in [2.45, 2.75) is 18.3 Å². The molecule has 0 aliphatic carbocycles. The third-order valence-electron chi connectivity index (χ3n) is 1.61. The zero-order chi connectivity index (χ0) is 12.3. The minimum Gasteiger partial charge on any atom is -0.503 e. The fraction of sp³-hybridized carbons (Fsp3) is 0.375. The molecule has 0 bridgehead atoms. The highest BCUT2D eigenvalue weighted by Gasteiger charge is 2.33. The van der Waals surface area contributed by atoms with Crippen LogP contribution < -0.4 is 4.74 Å². The van der Waals surface area contributed by atoms with Crippen molar-refractivity contribution >= 4 is 15.9 Å². The summed E-state index contributed by atoms with van der Waals surface area (Å²) in [6.45, 7) is -0.547. The van der Waals surface area contributed by atoms with Crippen LogP contribution in [0.3, 0.4) is 0 Å². The lowest BCUT2D eigenvalue weighted by Crippen LogP contribution is -2.18. The lowest BCUT2D eigenvalue weighted by atomic mass is 10.2. The van der Waals surface area contributed by atoms with E-state index in [0.29, 0.717) is 0 Å². The Hall–Kier alpha value is -1.02. The molecule has 0 aromatic carbocycles. The zero-order valence-corrected chi connectivity index (χ0v) is 9.34. The fourth-order valence-electron chi connectivity index (χ4n) is 0.986.